The number of phenolic OH excluding ortho intramolecular Hbond substituents is 1. The normalized spacial score (nSPS) is 11.8. The Bertz CT molecular complexity index is 823. The van der Waals surface area contributed by atoms with Gasteiger partial charge in [0.15, 0.2) is 0 Å². The van der Waals surface area contributed by atoms with Crippen LogP contribution in [0.15, 0.2) is 60.7 Å². The quantitative estimate of drug-likeness (QED) is 0.516. The number of aliphatic hydroxyl groups excluding tert-OH is 1. The Kier molecular flexibility index (Phi) is 5.11. The van der Waals surface area contributed by atoms with E-state index < -0.39 is 0 Å². The molecule has 3 rings (SSSR count). The van der Waals surface area contributed by atoms with Gasteiger partial charge in [0.1, 0.15) is 11.6 Å². The second kappa shape index (κ2) is 7.63. The van der Waals surface area contributed by atoms with Crippen molar-refractivity contribution in [1.29, 1.82) is 0 Å². The minimum atomic E-state index is -0.160. The Morgan fingerprint density at radius 1 is 1.00 bits per heavy atom. The standard InChI is InChI=1S/C19H20N4O2/c1-13(12-24)20-19-22-17(14-5-3-2-4-6-14)11-18(23-19)21-15-7-9-16(25)10-8-15/h2-11,13,24-25H,12H2,1H3,(H2,20,21,22,23)/t13-/m0/s1. The van der Waals surface area contributed by atoms with Gasteiger partial charge in [-0.2, -0.15) is 4.98 Å². The molecule has 0 spiro atoms. The molecule has 0 amide bonds. The van der Waals surface area contributed by atoms with Crippen LogP contribution in [-0.4, -0.2) is 32.8 Å². The summed E-state index contributed by atoms with van der Waals surface area (Å²) in [5.41, 5.74) is 2.54. The van der Waals surface area contributed by atoms with E-state index >= 15 is 0 Å². The van der Waals surface area contributed by atoms with Crippen molar-refractivity contribution < 1.29 is 10.2 Å². The van der Waals surface area contributed by atoms with E-state index in [1.807, 2.05) is 43.3 Å². The molecule has 0 bridgehead atoms. The first kappa shape index (κ1) is 16.7. The van der Waals surface area contributed by atoms with Crippen LogP contribution in [0.25, 0.3) is 11.3 Å². The summed E-state index contributed by atoms with van der Waals surface area (Å²) in [6.07, 6.45) is 0. The lowest BCUT2D eigenvalue weighted by Gasteiger charge is -2.14. The minimum Gasteiger partial charge on any atom is -0.508 e. The number of hydrogen-bond acceptors (Lipinski definition) is 6. The lowest BCUT2D eigenvalue weighted by molar-refractivity contribution is 0.281. The largest absolute Gasteiger partial charge is 0.508 e. The number of nitrogens with zero attached hydrogens (tertiary/aromatic N) is 2. The molecule has 128 valence electrons. The van der Waals surface area contributed by atoms with E-state index in [9.17, 15) is 10.2 Å². The van der Waals surface area contributed by atoms with Crippen LogP contribution in [0.4, 0.5) is 17.5 Å². The first-order valence-corrected chi connectivity index (χ1v) is 8.02. The predicted molar refractivity (Wildman–Crippen MR) is 99.0 cm³/mol. The molecule has 1 heterocycles. The first-order valence-electron chi connectivity index (χ1n) is 8.02. The molecule has 0 saturated heterocycles. The van der Waals surface area contributed by atoms with Crippen molar-refractivity contribution in [2.75, 3.05) is 17.2 Å². The number of hydrogen-bond donors (Lipinski definition) is 4. The molecule has 6 nitrogen and oxygen atoms in total. The van der Waals surface area contributed by atoms with Crippen LogP contribution in [0, 0.1) is 0 Å². The number of nitrogens with one attached hydrogen (secondary N) is 2. The van der Waals surface area contributed by atoms with E-state index in [1.54, 1.807) is 24.3 Å². The van der Waals surface area contributed by atoms with Crippen LogP contribution in [-0.2, 0) is 0 Å². The number of aromatic nitrogens is 2. The van der Waals surface area contributed by atoms with Crippen molar-refractivity contribution in [3.05, 3.63) is 60.7 Å². The molecule has 0 unspecified atom stereocenters. The van der Waals surface area contributed by atoms with E-state index in [4.69, 9.17) is 0 Å². The van der Waals surface area contributed by atoms with E-state index in [0.717, 1.165) is 16.9 Å². The van der Waals surface area contributed by atoms with Crippen LogP contribution in [0.1, 0.15) is 6.92 Å². The summed E-state index contributed by atoms with van der Waals surface area (Å²) < 4.78 is 0. The number of aliphatic hydroxyl groups is 1. The van der Waals surface area contributed by atoms with Gasteiger partial charge in [0.25, 0.3) is 0 Å². The van der Waals surface area contributed by atoms with Crippen molar-refractivity contribution in [3.63, 3.8) is 0 Å². The topological polar surface area (TPSA) is 90.3 Å². The van der Waals surface area contributed by atoms with Crippen LogP contribution < -0.4 is 10.6 Å². The molecule has 0 aliphatic carbocycles. The van der Waals surface area contributed by atoms with Gasteiger partial charge < -0.3 is 20.8 Å². The van der Waals surface area contributed by atoms with Crippen LogP contribution in [0.5, 0.6) is 5.75 Å². The van der Waals surface area contributed by atoms with Crippen molar-refractivity contribution in [2.45, 2.75) is 13.0 Å². The molecule has 0 fully saturated rings. The highest BCUT2D eigenvalue weighted by Gasteiger charge is 2.09. The lowest BCUT2D eigenvalue weighted by Crippen LogP contribution is -2.21. The Balaban J connectivity index is 1.95. The van der Waals surface area contributed by atoms with Gasteiger partial charge in [-0.05, 0) is 31.2 Å². The van der Waals surface area contributed by atoms with Crippen LogP contribution >= 0.6 is 0 Å². The zero-order valence-corrected chi connectivity index (χ0v) is 13.8. The number of aromatic hydroxyl groups is 1. The Morgan fingerprint density at radius 2 is 1.72 bits per heavy atom. The average Bonchev–Trinajstić information content (AvgIpc) is 2.64. The Morgan fingerprint density at radius 3 is 2.40 bits per heavy atom. The fourth-order valence-corrected chi connectivity index (χ4v) is 2.29. The third-order valence-corrected chi connectivity index (χ3v) is 3.58. The van der Waals surface area contributed by atoms with E-state index in [-0.39, 0.29) is 18.4 Å². The first-order chi connectivity index (χ1) is 12.1. The maximum Gasteiger partial charge on any atom is 0.225 e. The molecule has 1 aromatic heterocycles. The van der Waals surface area contributed by atoms with E-state index in [2.05, 4.69) is 20.6 Å². The number of rotatable bonds is 6. The molecule has 4 N–H and O–H groups in total. The fourth-order valence-electron chi connectivity index (χ4n) is 2.29. The van der Waals surface area contributed by atoms with Gasteiger partial charge in [0.2, 0.25) is 5.95 Å². The Labute approximate surface area is 146 Å². The van der Waals surface area contributed by atoms with Gasteiger partial charge in [-0.15, -0.1) is 0 Å². The lowest BCUT2D eigenvalue weighted by atomic mass is 10.1. The van der Waals surface area contributed by atoms with Crippen molar-refractivity contribution in [2.24, 2.45) is 0 Å². The molecular formula is C19H20N4O2. The third kappa shape index (κ3) is 4.45. The number of benzene rings is 2. The minimum absolute atomic E-state index is 0.0142. The SMILES string of the molecule is C[C@@H](CO)Nc1nc(Nc2ccc(O)cc2)cc(-c2ccccc2)n1. The third-order valence-electron chi connectivity index (χ3n) is 3.58. The van der Waals surface area contributed by atoms with Gasteiger partial charge >= 0.3 is 0 Å². The number of phenols is 1. The monoisotopic (exact) mass is 336 g/mol. The fraction of sp³-hybridized carbons (Fsp3) is 0.158. The highest BCUT2D eigenvalue weighted by Crippen LogP contribution is 2.24. The van der Waals surface area contributed by atoms with E-state index in [1.165, 1.54) is 0 Å². The summed E-state index contributed by atoms with van der Waals surface area (Å²) in [4.78, 5) is 8.99. The van der Waals surface area contributed by atoms with Gasteiger partial charge in [0, 0.05) is 23.4 Å². The second-order valence-corrected chi connectivity index (χ2v) is 5.73. The molecule has 2 aromatic carbocycles. The highest BCUT2D eigenvalue weighted by molar-refractivity contribution is 5.67. The van der Waals surface area contributed by atoms with Crippen molar-refractivity contribution >= 4 is 17.5 Å². The maximum atomic E-state index is 9.40. The Hall–Kier alpha value is -3.12. The van der Waals surface area contributed by atoms with Crippen LogP contribution in [0.3, 0.4) is 0 Å². The average molecular weight is 336 g/mol. The summed E-state index contributed by atoms with van der Waals surface area (Å²) in [7, 11) is 0. The zero-order chi connectivity index (χ0) is 17.6. The van der Waals surface area contributed by atoms with Crippen molar-refractivity contribution in [1.82, 2.24) is 9.97 Å². The molecule has 3 aromatic rings. The summed E-state index contributed by atoms with van der Waals surface area (Å²) >= 11 is 0. The van der Waals surface area contributed by atoms with Gasteiger partial charge in [-0.3, -0.25) is 0 Å². The van der Waals surface area contributed by atoms with Crippen LogP contribution in [0.2, 0.25) is 0 Å². The molecular weight excluding hydrogens is 316 g/mol. The second-order valence-electron chi connectivity index (χ2n) is 5.73. The smallest absolute Gasteiger partial charge is 0.225 e. The predicted octanol–water partition coefficient (Wildman–Crippen LogP) is 3.39. The molecule has 0 radical (unpaired) electrons. The van der Waals surface area contributed by atoms with Gasteiger partial charge in [-0.1, -0.05) is 30.3 Å². The summed E-state index contributed by atoms with van der Waals surface area (Å²) in [6, 6.07) is 18.3. The zero-order valence-electron chi connectivity index (χ0n) is 13.8. The number of anilines is 3. The molecule has 0 saturated carbocycles. The van der Waals surface area contributed by atoms with Gasteiger partial charge in [0.05, 0.1) is 12.3 Å². The maximum absolute atomic E-state index is 9.40. The molecule has 6 heteroatoms. The molecule has 0 aliphatic heterocycles. The molecule has 1 atom stereocenters. The van der Waals surface area contributed by atoms with Crippen molar-refractivity contribution in [3.8, 4) is 17.0 Å². The van der Waals surface area contributed by atoms with E-state index in [0.29, 0.717) is 11.8 Å². The molecule has 25 heavy (non-hydrogen) atoms. The summed E-state index contributed by atoms with van der Waals surface area (Å²) in [6.45, 7) is 1.84. The highest BCUT2D eigenvalue weighted by atomic mass is 16.3. The van der Waals surface area contributed by atoms with Gasteiger partial charge in [-0.25, -0.2) is 4.98 Å². The molecule has 0 aliphatic rings. The summed E-state index contributed by atoms with van der Waals surface area (Å²) in [5.74, 6) is 1.26. The summed E-state index contributed by atoms with van der Waals surface area (Å²) in [5, 5.41) is 24.9.